The van der Waals surface area contributed by atoms with Crippen molar-refractivity contribution in [3.05, 3.63) is 35.4 Å². The van der Waals surface area contributed by atoms with Gasteiger partial charge >= 0.3 is 0 Å². The van der Waals surface area contributed by atoms with Gasteiger partial charge in [0.25, 0.3) is 0 Å². The van der Waals surface area contributed by atoms with Crippen molar-refractivity contribution in [2.24, 2.45) is 5.92 Å². The molecule has 1 N–H and O–H groups in total. The normalized spacial score (nSPS) is 19.5. The number of hydrogen-bond donors (Lipinski definition) is 1. The molecule has 0 unspecified atom stereocenters. The Kier molecular flexibility index (Phi) is 5.42. The van der Waals surface area contributed by atoms with Crippen molar-refractivity contribution < 1.29 is 14.3 Å². The third kappa shape index (κ3) is 4.60. The van der Waals surface area contributed by atoms with Crippen LogP contribution in [-0.2, 0) is 20.7 Å². The summed E-state index contributed by atoms with van der Waals surface area (Å²) in [5.41, 5.74) is 2.50. The fourth-order valence-electron chi connectivity index (χ4n) is 3.68. The summed E-state index contributed by atoms with van der Waals surface area (Å²) in [4.78, 5) is 26.3. The molecule has 1 heterocycles. The second kappa shape index (κ2) is 7.56. The lowest BCUT2D eigenvalue weighted by molar-refractivity contribution is -0.139. The summed E-state index contributed by atoms with van der Waals surface area (Å²) in [5.74, 6) is 0.185. The van der Waals surface area contributed by atoms with E-state index >= 15 is 0 Å². The summed E-state index contributed by atoms with van der Waals surface area (Å²) in [6, 6.07) is 8.51. The zero-order valence-electron chi connectivity index (χ0n) is 15.2. The van der Waals surface area contributed by atoms with E-state index in [2.05, 4.69) is 36.5 Å². The molecule has 5 nitrogen and oxygen atoms in total. The first-order chi connectivity index (χ1) is 12.0. The molecule has 0 bridgehead atoms. The van der Waals surface area contributed by atoms with Crippen LogP contribution in [0.2, 0.25) is 0 Å². The van der Waals surface area contributed by atoms with Crippen LogP contribution >= 0.6 is 0 Å². The average Bonchev–Trinajstić information content (AvgIpc) is 3.34. The molecule has 1 saturated carbocycles. The fourth-order valence-corrected chi connectivity index (χ4v) is 3.68. The third-order valence-corrected chi connectivity index (χ3v) is 5.35. The maximum absolute atomic E-state index is 12.7. The first kappa shape index (κ1) is 17.9. The fraction of sp³-hybridized carbons (Fsp3) is 0.600. The Hall–Kier alpha value is -1.88. The number of piperidine rings is 1. The zero-order valence-corrected chi connectivity index (χ0v) is 15.2. The summed E-state index contributed by atoms with van der Waals surface area (Å²) in [6.45, 7) is 3.51. The summed E-state index contributed by atoms with van der Waals surface area (Å²) in [5, 5.41) is 3.31. The van der Waals surface area contributed by atoms with Crippen molar-refractivity contribution in [2.75, 3.05) is 26.8 Å². The first-order valence-corrected chi connectivity index (χ1v) is 9.16. The molecule has 2 amide bonds. The second-order valence-corrected chi connectivity index (χ2v) is 7.52. The van der Waals surface area contributed by atoms with E-state index in [9.17, 15) is 9.59 Å². The van der Waals surface area contributed by atoms with E-state index in [1.807, 2.05) is 0 Å². The van der Waals surface area contributed by atoms with Crippen molar-refractivity contribution in [1.82, 2.24) is 10.2 Å². The highest BCUT2D eigenvalue weighted by Gasteiger charge is 2.45. The lowest BCUT2D eigenvalue weighted by atomic mass is 9.94. The van der Waals surface area contributed by atoms with Crippen LogP contribution in [0.1, 0.15) is 36.8 Å². The van der Waals surface area contributed by atoms with Gasteiger partial charge in [-0.25, -0.2) is 0 Å². The van der Waals surface area contributed by atoms with E-state index in [4.69, 9.17) is 4.74 Å². The van der Waals surface area contributed by atoms with E-state index < -0.39 is 0 Å². The number of rotatable bonds is 6. The number of likely N-dealkylation sites (tertiary alicyclic amines) is 1. The van der Waals surface area contributed by atoms with Crippen LogP contribution in [0.5, 0.6) is 0 Å². The van der Waals surface area contributed by atoms with E-state index in [1.54, 1.807) is 4.90 Å². The van der Waals surface area contributed by atoms with Crippen molar-refractivity contribution in [2.45, 2.75) is 44.6 Å². The average molecular weight is 344 g/mol. The minimum absolute atomic E-state index is 0.0134. The van der Waals surface area contributed by atoms with Gasteiger partial charge in [-0.15, -0.1) is 0 Å². The van der Waals surface area contributed by atoms with Gasteiger partial charge in [-0.2, -0.15) is 0 Å². The molecular weight excluding hydrogens is 316 g/mol. The summed E-state index contributed by atoms with van der Waals surface area (Å²) >= 11 is 0. The van der Waals surface area contributed by atoms with Gasteiger partial charge in [-0.05, 0) is 44.6 Å². The van der Waals surface area contributed by atoms with Gasteiger partial charge < -0.3 is 15.0 Å². The highest BCUT2D eigenvalue weighted by Crippen LogP contribution is 2.39. The molecule has 1 aliphatic carbocycles. The molecule has 1 saturated heterocycles. The molecule has 1 aliphatic heterocycles. The number of carbonyl (C=O) groups excluding carboxylic acids is 2. The predicted molar refractivity (Wildman–Crippen MR) is 96.2 cm³/mol. The number of nitrogens with one attached hydrogen (secondary N) is 1. The van der Waals surface area contributed by atoms with Gasteiger partial charge in [0.05, 0.1) is 0 Å². The maximum atomic E-state index is 12.7. The molecule has 1 aromatic carbocycles. The molecule has 0 radical (unpaired) electrons. The number of methoxy groups -OCH3 is 1. The molecule has 136 valence electrons. The quantitative estimate of drug-likeness (QED) is 0.859. The van der Waals surface area contributed by atoms with Crippen molar-refractivity contribution in [3.8, 4) is 0 Å². The molecule has 3 rings (SSSR count). The zero-order chi connectivity index (χ0) is 17.9. The standard InChI is InChI=1S/C20H28N2O3/c1-15-4-3-5-16(12-15)13-20(8-9-20)21-19(24)17-6-10-22(11-7-17)18(23)14-25-2/h3-5,12,17H,6-11,13-14H2,1-2H3,(H,21,24). The van der Waals surface area contributed by atoms with Gasteiger partial charge in [-0.1, -0.05) is 29.8 Å². The van der Waals surface area contributed by atoms with E-state index in [0.717, 1.165) is 32.1 Å². The van der Waals surface area contributed by atoms with E-state index in [-0.39, 0.29) is 29.9 Å². The second-order valence-electron chi connectivity index (χ2n) is 7.52. The van der Waals surface area contributed by atoms with Gasteiger partial charge in [0.2, 0.25) is 11.8 Å². The number of ether oxygens (including phenoxy) is 1. The van der Waals surface area contributed by atoms with Crippen LogP contribution in [-0.4, -0.2) is 49.1 Å². The SMILES string of the molecule is COCC(=O)N1CCC(C(=O)NC2(Cc3cccc(C)c3)CC2)CC1. The number of nitrogens with zero attached hydrogens (tertiary/aromatic N) is 1. The van der Waals surface area contributed by atoms with Gasteiger partial charge in [0.1, 0.15) is 6.61 Å². The smallest absolute Gasteiger partial charge is 0.248 e. The summed E-state index contributed by atoms with van der Waals surface area (Å²) < 4.78 is 4.90. The highest BCUT2D eigenvalue weighted by molar-refractivity contribution is 5.81. The monoisotopic (exact) mass is 344 g/mol. The lowest BCUT2D eigenvalue weighted by Crippen LogP contribution is -2.47. The Balaban J connectivity index is 1.50. The van der Waals surface area contributed by atoms with Crippen molar-refractivity contribution in [3.63, 3.8) is 0 Å². The Morgan fingerprint density at radius 2 is 2.00 bits per heavy atom. The predicted octanol–water partition coefficient (Wildman–Crippen LogP) is 2.07. The maximum Gasteiger partial charge on any atom is 0.248 e. The molecule has 0 atom stereocenters. The molecule has 1 aromatic rings. The van der Waals surface area contributed by atoms with Crippen LogP contribution in [0.3, 0.4) is 0 Å². The van der Waals surface area contributed by atoms with Crippen molar-refractivity contribution >= 4 is 11.8 Å². The number of carbonyl (C=O) groups is 2. The van der Waals surface area contributed by atoms with Gasteiger partial charge in [0.15, 0.2) is 0 Å². The van der Waals surface area contributed by atoms with Crippen molar-refractivity contribution in [1.29, 1.82) is 0 Å². The Bertz CT molecular complexity index is 632. The summed E-state index contributed by atoms with van der Waals surface area (Å²) in [7, 11) is 1.53. The van der Waals surface area contributed by atoms with Crippen LogP contribution in [0, 0.1) is 12.8 Å². The Morgan fingerprint density at radius 1 is 1.28 bits per heavy atom. The largest absolute Gasteiger partial charge is 0.375 e. The minimum Gasteiger partial charge on any atom is -0.375 e. The molecule has 5 heteroatoms. The minimum atomic E-state index is -0.0477. The van der Waals surface area contributed by atoms with E-state index in [1.165, 1.54) is 18.2 Å². The van der Waals surface area contributed by atoms with Crippen LogP contribution in [0.4, 0.5) is 0 Å². The number of hydrogen-bond acceptors (Lipinski definition) is 3. The Labute approximate surface area is 149 Å². The third-order valence-electron chi connectivity index (χ3n) is 5.35. The molecule has 0 spiro atoms. The number of benzene rings is 1. The molecular formula is C20H28N2O3. The number of amides is 2. The Morgan fingerprint density at radius 3 is 2.60 bits per heavy atom. The van der Waals surface area contributed by atoms with E-state index in [0.29, 0.717) is 13.1 Å². The molecule has 25 heavy (non-hydrogen) atoms. The van der Waals surface area contributed by atoms with Gasteiger partial charge in [0, 0.05) is 31.7 Å². The molecule has 2 aliphatic rings. The highest BCUT2D eigenvalue weighted by atomic mass is 16.5. The van der Waals surface area contributed by atoms with Crippen LogP contribution < -0.4 is 5.32 Å². The van der Waals surface area contributed by atoms with Crippen LogP contribution in [0.25, 0.3) is 0 Å². The molecule has 0 aromatic heterocycles. The number of aryl methyl sites for hydroxylation is 1. The first-order valence-electron chi connectivity index (χ1n) is 9.16. The topological polar surface area (TPSA) is 58.6 Å². The lowest BCUT2D eigenvalue weighted by Gasteiger charge is -2.32. The molecule has 2 fully saturated rings. The van der Waals surface area contributed by atoms with Crippen LogP contribution in [0.15, 0.2) is 24.3 Å². The summed E-state index contributed by atoms with van der Waals surface area (Å²) in [6.07, 6.45) is 4.49. The van der Waals surface area contributed by atoms with Gasteiger partial charge in [-0.3, -0.25) is 9.59 Å².